The first-order valence-electron chi connectivity index (χ1n) is 5.01. The summed E-state index contributed by atoms with van der Waals surface area (Å²) in [5.41, 5.74) is 0.837. The molecular formula is C11H16BrNO2S. The van der Waals surface area contributed by atoms with Crippen LogP contribution in [0.2, 0.25) is 0 Å². The van der Waals surface area contributed by atoms with Gasteiger partial charge in [0.2, 0.25) is 0 Å². The Hall–Kier alpha value is -0.390. The Morgan fingerprint density at radius 3 is 2.88 bits per heavy atom. The van der Waals surface area contributed by atoms with E-state index >= 15 is 0 Å². The van der Waals surface area contributed by atoms with Crippen LogP contribution in [0.4, 0.5) is 0 Å². The van der Waals surface area contributed by atoms with Crippen LogP contribution in [-0.4, -0.2) is 27.4 Å². The van der Waals surface area contributed by atoms with Crippen LogP contribution < -0.4 is 5.32 Å². The molecule has 0 saturated carbocycles. The second-order valence-corrected chi connectivity index (χ2v) is 6.43. The Bertz CT molecular complexity index is 384. The van der Waals surface area contributed by atoms with Gasteiger partial charge in [-0.15, -0.1) is 0 Å². The van der Waals surface area contributed by atoms with E-state index in [2.05, 4.69) is 21.2 Å². The van der Waals surface area contributed by atoms with Crippen LogP contribution in [0.3, 0.4) is 0 Å². The Morgan fingerprint density at radius 2 is 2.25 bits per heavy atom. The zero-order chi connectivity index (χ0) is 12.1. The second-order valence-electron chi connectivity index (χ2n) is 3.71. The van der Waals surface area contributed by atoms with Crippen molar-refractivity contribution in [1.29, 1.82) is 0 Å². The zero-order valence-electron chi connectivity index (χ0n) is 9.37. The van der Waals surface area contributed by atoms with Crippen LogP contribution in [0.25, 0.3) is 0 Å². The first-order chi connectivity index (χ1) is 7.50. The summed E-state index contributed by atoms with van der Waals surface area (Å²) in [6.07, 6.45) is 1.70. The molecule has 1 aromatic carbocycles. The second kappa shape index (κ2) is 6.37. The summed E-state index contributed by atoms with van der Waals surface area (Å²) < 4.78 is 12.1. The summed E-state index contributed by atoms with van der Waals surface area (Å²) in [6, 6.07) is 5.32. The Balaban J connectivity index is 2.48. The van der Waals surface area contributed by atoms with E-state index in [-0.39, 0.29) is 11.0 Å². The molecule has 1 aromatic rings. The minimum absolute atomic E-state index is 0.120. The normalized spacial score (nSPS) is 14.7. The number of hydrogen-bond acceptors (Lipinski definition) is 3. The van der Waals surface area contributed by atoms with Gasteiger partial charge in [-0.1, -0.05) is 15.9 Å². The average Bonchev–Trinajstić information content (AvgIpc) is 2.22. The summed E-state index contributed by atoms with van der Waals surface area (Å²) in [7, 11) is -0.812. The number of rotatable bonds is 5. The van der Waals surface area contributed by atoms with Gasteiger partial charge in [-0.3, -0.25) is 4.21 Å². The molecule has 3 nitrogen and oxygen atoms in total. The monoisotopic (exact) mass is 305 g/mol. The van der Waals surface area contributed by atoms with Crippen molar-refractivity contribution in [1.82, 2.24) is 5.32 Å². The lowest BCUT2D eigenvalue weighted by molar-refractivity contribution is 0.464. The molecule has 0 aliphatic carbocycles. The Morgan fingerprint density at radius 1 is 1.56 bits per heavy atom. The highest BCUT2D eigenvalue weighted by Gasteiger charge is 2.06. The number of halogens is 1. The zero-order valence-corrected chi connectivity index (χ0v) is 11.8. The number of phenols is 1. The summed E-state index contributed by atoms with van der Waals surface area (Å²) >= 11 is 3.35. The predicted octanol–water partition coefficient (Wildman–Crippen LogP) is 2.01. The smallest absolute Gasteiger partial charge is 0.120 e. The van der Waals surface area contributed by atoms with Crippen molar-refractivity contribution in [2.75, 3.05) is 12.8 Å². The fourth-order valence-electron chi connectivity index (χ4n) is 1.22. The van der Waals surface area contributed by atoms with E-state index < -0.39 is 10.8 Å². The third-order valence-corrected chi connectivity index (χ3v) is 4.15. The van der Waals surface area contributed by atoms with Crippen molar-refractivity contribution in [3.63, 3.8) is 0 Å². The summed E-state index contributed by atoms with van der Waals surface area (Å²) in [5.74, 6) is 0.279. The molecule has 0 aromatic heterocycles. The van der Waals surface area contributed by atoms with Crippen molar-refractivity contribution >= 4 is 26.7 Å². The maximum Gasteiger partial charge on any atom is 0.120 e. The molecule has 0 aliphatic heterocycles. The molecule has 0 spiro atoms. The number of aromatic hydroxyl groups is 1. The third kappa shape index (κ3) is 4.23. The molecule has 2 unspecified atom stereocenters. The summed E-state index contributed by atoms with van der Waals surface area (Å²) in [4.78, 5) is 0. The van der Waals surface area contributed by atoms with E-state index in [0.29, 0.717) is 13.1 Å². The number of benzene rings is 1. The van der Waals surface area contributed by atoms with E-state index in [9.17, 15) is 9.32 Å². The van der Waals surface area contributed by atoms with Crippen LogP contribution in [0.5, 0.6) is 5.75 Å². The molecule has 0 radical (unpaired) electrons. The minimum Gasteiger partial charge on any atom is -0.508 e. The van der Waals surface area contributed by atoms with Crippen LogP contribution in [0.15, 0.2) is 22.7 Å². The maximum absolute atomic E-state index is 11.1. The lowest BCUT2D eigenvalue weighted by Gasteiger charge is -2.11. The summed E-state index contributed by atoms with van der Waals surface area (Å²) in [5, 5.41) is 12.9. The van der Waals surface area contributed by atoms with Crippen molar-refractivity contribution in [3.05, 3.63) is 28.2 Å². The van der Waals surface area contributed by atoms with Crippen LogP contribution >= 0.6 is 15.9 Å². The summed E-state index contributed by atoms with van der Waals surface area (Å²) in [6.45, 7) is 3.19. The molecule has 0 bridgehead atoms. The van der Waals surface area contributed by atoms with Crippen LogP contribution in [-0.2, 0) is 17.3 Å². The highest BCUT2D eigenvalue weighted by molar-refractivity contribution is 9.10. The molecule has 2 atom stereocenters. The molecule has 0 fully saturated rings. The molecule has 16 heavy (non-hydrogen) atoms. The van der Waals surface area contributed by atoms with Gasteiger partial charge in [-0.05, 0) is 25.1 Å². The van der Waals surface area contributed by atoms with E-state index in [0.717, 1.165) is 10.0 Å². The largest absolute Gasteiger partial charge is 0.508 e. The highest BCUT2D eigenvalue weighted by atomic mass is 79.9. The van der Waals surface area contributed by atoms with E-state index in [1.54, 1.807) is 18.4 Å². The van der Waals surface area contributed by atoms with Gasteiger partial charge in [-0.25, -0.2) is 0 Å². The predicted molar refractivity (Wildman–Crippen MR) is 71.0 cm³/mol. The van der Waals surface area contributed by atoms with E-state index in [1.165, 1.54) is 0 Å². The fourth-order valence-corrected chi connectivity index (χ4v) is 1.98. The van der Waals surface area contributed by atoms with Crippen molar-refractivity contribution in [3.8, 4) is 5.75 Å². The van der Waals surface area contributed by atoms with E-state index in [1.807, 2.05) is 13.0 Å². The molecule has 1 rings (SSSR count). The van der Waals surface area contributed by atoms with E-state index in [4.69, 9.17) is 0 Å². The quantitative estimate of drug-likeness (QED) is 0.875. The number of phenolic OH excluding ortho intramolecular Hbond substituents is 1. The lowest BCUT2D eigenvalue weighted by atomic mass is 10.2. The lowest BCUT2D eigenvalue weighted by Crippen LogP contribution is -2.27. The van der Waals surface area contributed by atoms with Crippen LogP contribution in [0, 0.1) is 0 Å². The average molecular weight is 306 g/mol. The SMILES string of the molecule is CC(CNCc1cc(Br)ccc1O)S(C)=O. The molecule has 0 heterocycles. The van der Waals surface area contributed by atoms with Gasteiger partial charge in [0, 0.05) is 45.4 Å². The van der Waals surface area contributed by atoms with Gasteiger partial charge in [-0.2, -0.15) is 0 Å². The van der Waals surface area contributed by atoms with Gasteiger partial charge < -0.3 is 10.4 Å². The number of nitrogens with one attached hydrogen (secondary N) is 1. The fraction of sp³-hybridized carbons (Fsp3) is 0.455. The number of hydrogen-bond donors (Lipinski definition) is 2. The topological polar surface area (TPSA) is 49.3 Å². The minimum atomic E-state index is -0.812. The standard InChI is InChI=1S/C11H16BrNO2S/c1-8(16(2)15)6-13-7-9-5-10(12)3-4-11(9)14/h3-5,8,13-14H,6-7H2,1-2H3. The van der Waals surface area contributed by atoms with Gasteiger partial charge in [0.25, 0.3) is 0 Å². The van der Waals surface area contributed by atoms with Crippen molar-refractivity contribution < 1.29 is 9.32 Å². The molecule has 0 aliphatic rings. The first-order valence-corrected chi connectivity index (χ1v) is 7.42. The van der Waals surface area contributed by atoms with Crippen molar-refractivity contribution in [2.24, 2.45) is 0 Å². The molecular weight excluding hydrogens is 290 g/mol. The van der Waals surface area contributed by atoms with Gasteiger partial charge in [0.1, 0.15) is 5.75 Å². The van der Waals surface area contributed by atoms with Crippen molar-refractivity contribution in [2.45, 2.75) is 18.7 Å². The molecule has 0 saturated heterocycles. The van der Waals surface area contributed by atoms with Crippen LogP contribution in [0.1, 0.15) is 12.5 Å². The maximum atomic E-state index is 11.1. The Kier molecular flexibility index (Phi) is 5.44. The molecule has 2 N–H and O–H groups in total. The Labute approximate surface area is 107 Å². The molecule has 5 heteroatoms. The van der Waals surface area contributed by atoms with Gasteiger partial charge >= 0.3 is 0 Å². The first kappa shape index (κ1) is 13.7. The van der Waals surface area contributed by atoms with Gasteiger partial charge in [0.15, 0.2) is 0 Å². The highest BCUT2D eigenvalue weighted by Crippen LogP contribution is 2.21. The molecule has 0 amide bonds. The van der Waals surface area contributed by atoms with Gasteiger partial charge in [0.05, 0.1) is 0 Å². The molecule has 90 valence electrons. The third-order valence-electron chi connectivity index (χ3n) is 2.36.